The number of hydrogen-bond donors (Lipinski definition) is 2. The lowest BCUT2D eigenvalue weighted by molar-refractivity contribution is 0.0946. The van der Waals surface area contributed by atoms with Crippen LogP contribution in [0.3, 0.4) is 0 Å². The third kappa shape index (κ3) is 4.41. The third-order valence-electron chi connectivity index (χ3n) is 7.42. The molecule has 0 radical (unpaired) electrons. The Hall–Kier alpha value is -3.52. The lowest BCUT2D eigenvalue weighted by Crippen LogP contribution is -2.53. The molecule has 1 atom stereocenters. The molecule has 2 aliphatic heterocycles. The van der Waals surface area contributed by atoms with Gasteiger partial charge in [0.25, 0.3) is 5.91 Å². The van der Waals surface area contributed by atoms with Crippen molar-refractivity contribution in [1.29, 1.82) is 0 Å². The Kier molecular flexibility index (Phi) is 6.38. The zero-order valence-corrected chi connectivity index (χ0v) is 20.8. The molecule has 36 heavy (non-hydrogen) atoms. The van der Waals surface area contributed by atoms with Gasteiger partial charge in [-0.05, 0) is 60.8 Å². The molecule has 3 aromatic rings. The van der Waals surface area contributed by atoms with Crippen molar-refractivity contribution in [2.24, 2.45) is 5.92 Å². The molecule has 2 aromatic carbocycles. The van der Waals surface area contributed by atoms with E-state index in [4.69, 9.17) is 5.73 Å². The molecular weight excluding hydrogens is 460 g/mol. The molecule has 6 nitrogen and oxygen atoms in total. The number of rotatable bonds is 4. The Morgan fingerprint density at radius 2 is 1.81 bits per heavy atom. The molecule has 1 saturated heterocycles. The van der Waals surface area contributed by atoms with E-state index in [2.05, 4.69) is 41.0 Å². The molecule has 3 heterocycles. The summed E-state index contributed by atoms with van der Waals surface area (Å²) in [5.74, 6) is -0.944. The van der Waals surface area contributed by atoms with Crippen LogP contribution in [0.5, 0.6) is 0 Å². The smallest absolute Gasteiger partial charge is 0.251 e. The summed E-state index contributed by atoms with van der Waals surface area (Å²) in [4.78, 5) is 20.5. The largest absolute Gasteiger partial charge is 0.383 e. The number of carbonyl (C=O) groups is 1. The first-order valence-electron chi connectivity index (χ1n) is 12.4. The average molecular weight is 492 g/mol. The first-order chi connectivity index (χ1) is 17.2. The number of nitrogen functional groups attached to an aromatic ring is 1. The fraction of sp³-hybridized carbons (Fsp3) is 0.357. The van der Waals surface area contributed by atoms with E-state index in [1.807, 2.05) is 12.1 Å². The van der Waals surface area contributed by atoms with Gasteiger partial charge >= 0.3 is 0 Å². The zero-order valence-electron chi connectivity index (χ0n) is 20.8. The molecule has 3 N–H and O–H groups in total. The molecule has 0 aliphatic carbocycles. The number of nitrogens with one attached hydrogen (secondary N) is 1. The van der Waals surface area contributed by atoms with Gasteiger partial charge in [0, 0.05) is 60.2 Å². The van der Waals surface area contributed by atoms with Crippen LogP contribution in [-0.4, -0.2) is 55.1 Å². The van der Waals surface area contributed by atoms with Crippen LogP contribution >= 0.6 is 0 Å². The maximum atomic E-state index is 15.4. The Balaban J connectivity index is 1.48. The van der Waals surface area contributed by atoms with Crippen LogP contribution in [0.2, 0.25) is 0 Å². The number of halogens is 2. The van der Waals surface area contributed by atoms with E-state index >= 15 is 4.39 Å². The summed E-state index contributed by atoms with van der Waals surface area (Å²) >= 11 is 0. The predicted octanol–water partition coefficient (Wildman–Crippen LogP) is 4.34. The van der Waals surface area contributed by atoms with Crippen LogP contribution in [-0.2, 0) is 6.42 Å². The van der Waals surface area contributed by atoms with Crippen LogP contribution in [0.15, 0.2) is 42.5 Å². The summed E-state index contributed by atoms with van der Waals surface area (Å²) in [6.45, 7) is 7.46. The van der Waals surface area contributed by atoms with Gasteiger partial charge in [-0.1, -0.05) is 26.0 Å². The Bertz CT molecular complexity index is 1330. The number of nitrogens with two attached hydrogens (primary N) is 1. The van der Waals surface area contributed by atoms with Crippen LogP contribution in [0.1, 0.15) is 29.8 Å². The maximum absolute atomic E-state index is 15.4. The highest BCUT2D eigenvalue weighted by Gasteiger charge is 2.27. The zero-order chi connectivity index (χ0) is 25.6. The van der Waals surface area contributed by atoms with Crippen LogP contribution in [0.4, 0.5) is 20.3 Å². The van der Waals surface area contributed by atoms with Gasteiger partial charge in [0.2, 0.25) is 5.95 Å². The number of carbonyl (C=O) groups excluding carboxylic acids is 1. The van der Waals surface area contributed by atoms with E-state index < -0.39 is 11.8 Å². The molecule has 0 saturated carbocycles. The van der Waals surface area contributed by atoms with E-state index in [0.29, 0.717) is 41.6 Å². The summed E-state index contributed by atoms with van der Waals surface area (Å²) < 4.78 is 30.3. The number of anilines is 2. The van der Waals surface area contributed by atoms with Gasteiger partial charge in [-0.25, -0.2) is 9.37 Å². The van der Waals surface area contributed by atoms with Gasteiger partial charge in [-0.2, -0.15) is 4.39 Å². The predicted molar refractivity (Wildman–Crippen MR) is 139 cm³/mol. The number of hydrogen-bond acceptors (Lipinski definition) is 5. The molecule has 188 valence electrons. The second-order valence-electron chi connectivity index (χ2n) is 10.0. The number of amides is 1. The van der Waals surface area contributed by atoms with Gasteiger partial charge < -0.3 is 16.0 Å². The molecule has 0 unspecified atom stereocenters. The monoisotopic (exact) mass is 491 g/mol. The van der Waals surface area contributed by atoms with Crippen molar-refractivity contribution >= 4 is 17.4 Å². The Labute approximate surface area is 210 Å². The molecule has 5 rings (SSSR count). The second kappa shape index (κ2) is 9.50. The highest BCUT2D eigenvalue weighted by Crippen LogP contribution is 2.35. The molecule has 0 bridgehead atoms. The SMILES string of the molecule is CC(C)[C@H]1CN(c2ccc(-c3cc(-c4ccc5c(c4)CCNC5=O)c(N)nc3F)c(F)c2)CCN1C. The van der Waals surface area contributed by atoms with Gasteiger partial charge in [0.05, 0.1) is 0 Å². The van der Waals surface area contributed by atoms with E-state index in [-0.39, 0.29) is 22.9 Å². The van der Waals surface area contributed by atoms with Crippen molar-refractivity contribution in [3.05, 3.63) is 65.4 Å². The van der Waals surface area contributed by atoms with E-state index in [1.165, 1.54) is 6.07 Å². The average Bonchev–Trinajstić information content (AvgIpc) is 2.84. The minimum atomic E-state index is -0.820. The first kappa shape index (κ1) is 24.2. The molecule has 1 aromatic heterocycles. The number of fused-ring (bicyclic) bond motifs is 1. The molecule has 1 amide bonds. The normalized spacial score (nSPS) is 18.3. The fourth-order valence-corrected chi connectivity index (χ4v) is 5.29. The maximum Gasteiger partial charge on any atom is 0.251 e. The first-order valence-corrected chi connectivity index (χ1v) is 12.4. The number of likely N-dealkylation sites (N-methyl/N-ethyl adjacent to an activating group) is 1. The second-order valence-corrected chi connectivity index (χ2v) is 10.0. The van der Waals surface area contributed by atoms with Crippen molar-refractivity contribution in [2.45, 2.75) is 26.3 Å². The van der Waals surface area contributed by atoms with E-state index in [9.17, 15) is 9.18 Å². The van der Waals surface area contributed by atoms with Crippen molar-refractivity contribution in [3.8, 4) is 22.3 Å². The quantitative estimate of drug-likeness (QED) is 0.531. The number of pyridine rings is 1. The minimum absolute atomic E-state index is 0.0191. The molecule has 1 fully saturated rings. The van der Waals surface area contributed by atoms with Gasteiger partial charge in [0.15, 0.2) is 0 Å². The number of nitrogens with zero attached hydrogens (tertiary/aromatic N) is 3. The molecular formula is C28H31F2N5O. The van der Waals surface area contributed by atoms with Crippen molar-refractivity contribution < 1.29 is 13.6 Å². The lowest BCUT2D eigenvalue weighted by Gasteiger charge is -2.42. The topological polar surface area (TPSA) is 74.5 Å². The van der Waals surface area contributed by atoms with Crippen LogP contribution in [0.25, 0.3) is 22.3 Å². The fourth-order valence-electron chi connectivity index (χ4n) is 5.29. The summed E-state index contributed by atoms with van der Waals surface area (Å²) in [6, 6.07) is 12.2. The van der Waals surface area contributed by atoms with Crippen molar-refractivity contribution in [3.63, 3.8) is 0 Å². The number of piperazine rings is 1. The van der Waals surface area contributed by atoms with E-state index in [0.717, 1.165) is 30.9 Å². The minimum Gasteiger partial charge on any atom is -0.383 e. The summed E-state index contributed by atoms with van der Waals surface area (Å²) in [7, 11) is 2.12. The Morgan fingerprint density at radius 3 is 2.56 bits per heavy atom. The summed E-state index contributed by atoms with van der Waals surface area (Å²) in [6.07, 6.45) is 0.691. The standard InChI is InChI=1S/C28H31F2N5O/c1-16(2)25-15-35(11-10-34(25)3)19-5-7-21(24(29)13-19)23-14-22(27(31)33-26(23)30)17-4-6-20-18(12-17)8-9-32-28(20)36/h4-7,12-14,16,25H,8-11,15H2,1-3H3,(H2,31,33)(H,32,36)/t25-/m1/s1. The van der Waals surface area contributed by atoms with Gasteiger partial charge in [-0.3, -0.25) is 9.69 Å². The third-order valence-corrected chi connectivity index (χ3v) is 7.42. The highest BCUT2D eigenvalue weighted by molar-refractivity contribution is 5.97. The summed E-state index contributed by atoms with van der Waals surface area (Å²) in [5.41, 5.74) is 9.77. The summed E-state index contributed by atoms with van der Waals surface area (Å²) in [5, 5.41) is 2.82. The lowest BCUT2D eigenvalue weighted by atomic mass is 9.94. The van der Waals surface area contributed by atoms with E-state index in [1.54, 1.807) is 24.3 Å². The van der Waals surface area contributed by atoms with Crippen molar-refractivity contribution in [2.75, 3.05) is 43.9 Å². The Morgan fingerprint density at radius 1 is 1.03 bits per heavy atom. The van der Waals surface area contributed by atoms with Gasteiger partial charge in [0.1, 0.15) is 11.6 Å². The van der Waals surface area contributed by atoms with Crippen LogP contribution in [0, 0.1) is 17.7 Å². The number of aromatic nitrogens is 1. The molecule has 8 heteroatoms. The van der Waals surface area contributed by atoms with Crippen LogP contribution < -0.4 is 16.0 Å². The van der Waals surface area contributed by atoms with Gasteiger partial charge in [-0.15, -0.1) is 0 Å². The molecule has 0 spiro atoms. The highest BCUT2D eigenvalue weighted by atomic mass is 19.1. The van der Waals surface area contributed by atoms with Crippen molar-refractivity contribution in [1.82, 2.24) is 15.2 Å². The number of benzene rings is 2. The molecule has 2 aliphatic rings.